The van der Waals surface area contributed by atoms with Crippen LogP contribution in [0.5, 0.6) is 0 Å². The van der Waals surface area contributed by atoms with Crippen molar-refractivity contribution in [2.75, 3.05) is 11.9 Å². The second kappa shape index (κ2) is 9.22. The molecule has 1 aromatic carbocycles. The first-order chi connectivity index (χ1) is 13.9. The quantitative estimate of drug-likeness (QED) is 0.644. The van der Waals surface area contributed by atoms with Crippen molar-refractivity contribution in [3.63, 3.8) is 0 Å². The number of aryl methyl sites for hydroxylation is 1. The summed E-state index contributed by atoms with van der Waals surface area (Å²) in [5.74, 6) is -1.80. The number of esters is 1. The maximum atomic E-state index is 12.7. The van der Waals surface area contributed by atoms with Crippen molar-refractivity contribution in [3.05, 3.63) is 51.9 Å². The zero-order valence-corrected chi connectivity index (χ0v) is 17.5. The van der Waals surface area contributed by atoms with Crippen LogP contribution in [-0.2, 0) is 27.2 Å². The number of fused-ring (bicyclic) bond motifs is 1. The summed E-state index contributed by atoms with van der Waals surface area (Å²) in [6.45, 7) is 3.60. The molecular weight excluding hydrogens is 388 g/mol. The number of ether oxygens (including phenoxy) is 1. The third-order valence-electron chi connectivity index (χ3n) is 5.39. The molecule has 154 valence electrons. The number of carbonyl (C=O) groups excluding carboxylic acids is 3. The molecule has 0 radical (unpaired) electrons. The van der Waals surface area contributed by atoms with Gasteiger partial charge in [0.15, 0.2) is 6.61 Å². The molecule has 6 nitrogen and oxygen atoms in total. The highest BCUT2D eigenvalue weighted by molar-refractivity contribution is 7.17. The Morgan fingerprint density at radius 3 is 2.59 bits per heavy atom. The van der Waals surface area contributed by atoms with Gasteiger partial charge in [-0.25, -0.2) is 0 Å². The fourth-order valence-electron chi connectivity index (χ4n) is 3.74. The zero-order chi connectivity index (χ0) is 21.0. The average molecular weight is 415 g/mol. The highest BCUT2D eigenvalue weighted by Gasteiger charge is 2.29. The van der Waals surface area contributed by atoms with Crippen molar-refractivity contribution in [2.24, 2.45) is 11.7 Å². The highest BCUT2D eigenvalue weighted by Crippen LogP contribution is 2.38. The molecule has 3 N–H and O–H groups in total. The number of hydrogen-bond donors (Lipinski definition) is 2. The Balaban J connectivity index is 1.66. The molecule has 29 heavy (non-hydrogen) atoms. The topological polar surface area (TPSA) is 98.5 Å². The van der Waals surface area contributed by atoms with E-state index in [0.29, 0.717) is 10.6 Å². The van der Waals surface area contributed by atoms with Crippen LogP contribution in [0.4, 0.5) is 5.00 Å². The highest BCUT2D eigenvalue weighted by atomic mass is 32.1. The van der Waals surface area contributed by atoms with Crippen LogP contribution in [0.2, 0.25) is 0 Å². The predicted molar refractivity (Wildman–Crippen MR) is 113 cm³/mol. The molecule has 0 aliphatic heterocycles. The molecule has 0 saturated carbocycles. The van der Waals surface area contributed by atoms with E-state index in [0.717, 1.165) is 41.7 Å². The van der Waals surface area contributed by atoms with E-state index in [1.807, 2.05) is 44.2 Å². The van der Waals surface area contributed by atoms with E-state index in [4.69, 9.17) is 10.5 Å². The van der Waals surface area contributed by atoms with E-state index in [9.17, 15) is 14.4 Å². The molecule has 0 saturated heterocycles. The lowest BCUT2D eigenvalue weighted by Gasteiger charge is -2.21. The van der Waals surface area contributed by atoms with Crippen molar-refractivity contribution in [2.45, 2.75) is 45.4 Å². The molecular formula is C22H26N2O4S. The average Bonchev–Trinajstić information content (AvgIpc) is 3.27. The summed E-state index contributed by atoms with van der Waals surface area (Å²) in [6, 6.07) is 9.44. The van der Waals surface area contributed by atoms with Gasteiger partial charge in [-0.3, -0.25) is 14.4 Å². The van der Waals surface area contributed by atoms with Gasteiger partial charge in [-0.05, 0) is 36.3 Å². The Labute approximate surface area is 174 Å². The minimum atomic E-state index is -0.544. The molecule has 2 amide bonds. The Morgan fingerprint density at radius 1 is 1.21 bits per heavy atom. The van der Waals surface area contributed by atoms with Crippen LogP contribution >= 0.6 is 11.3 Å². The summed E-state index contributed by atoms with van der Waals surface area (Å²) >= 11 is 1.38. The third kappa shape index (κ3) is 4.67. The zero-order valence-electron chi connectivity index (χ0n) is 16.7. The van der Waals surface area contributed by atoms with Crippen LogP contribution in [0.3, 0.4) is 0 Å². The largest absolute Gasteiger partial charge is 0.455 e. The Hall–Kier alpha value is -2.67. The molecule has 0 fully saturated rings. The number of thiophene rings is 1. The summed E-state index contributed by atoms with van der Waals surface area (Å²) in [6.07, 6.45) is 3.48. The van der Waals surface area contributed by atoms with Crippen molar-refractivity contribution in [1.82, 2.24) is 0 Å². The van der Waals surface area contributed by atoms with Crippen molar-refractivity contribution < 1.29 is 19.1 Å². The molecule has 0 unspecified atom stereocenters. The van der Waals surface area contributed by atoms with E-state index in [1.165, 1.54) is 11.3 Å². The second-order valence-corrected chi connectivity index (χ2v) is 8.46. The number of benzene rings is 1. The van der Waals surface area contributed by atoms with Crippen molar-refractivity contribution >= 4 is 34.1 Å². The molecule has 0 bridgehead atoms. The number of primary amides is 1. The van der Waals surface area contributed by atoms with E-state index in [1.54, 1.807) is 0 Å². The molecule has 7 heteroatoms. The minimum absolute atomic E-state index is 0.0784. The van der Waals surface area contributed by atoms with Gasteiger partial charge < -0.3 is 15.8 Å². The number of rotatable bonds is 8. The standard InChI is InChI=1S/C22H26N2O4S/c1-3-13(2)18(14-8-5-4-6-9-14)22(27)28-12-17(25)24-21-19(20(23)26)15-10-7-11-16(15)29-21/h4-6,8-9,13,18H,3,7,10-12H2,1-2H3,(H2,23,26)(H,24,25)/t13-,18+/m1/s1. The third-order valence-corrected chi connectivity index (χ3v) is 6.60. The van der Waals surface area contributed by atoms with Crippen molar-refractivity contribution in [1.29, 1.82) is 0 Å². The number of anilines is 1. The SMILES string of the molecule is CC[C@@H](C)[C@H](C(=O)OCC(=O)Nc1sc2c(c1C(N)=O)CCC2)c1ccccc1. The Kier molecular flexibility index (Phi) is 6.69. The molecule has 3 rings (SSSR count). The predicted octanol–water partition coefficient (Wildman–Crippen LogP) is 3.65. The fourth-order valence-corrected chi connectivity index (χ4v) is 5.05. The number of hydrogen-bond acceptors (Lipinski definition) is 5. The van der Waals surface area contributed by atoms with Gasteiger partial charge in [0.25, 0.3) is 11.8 Å². The van der Waals surface area contributed by atoms with Crippen LogP contribution < -0.4 is 11.1 Å². The summed E-state index contributed by atoms with van der Waals surface area (Å²) in [5.41, 5.74) is 7.72. The molecule has 2 atom stereocenters. The summed E-state index contributed by atoms with van der Waals surface area (Å²) in [7, 11) is 0. The Bertz CT molecular complexity index is 907. The van der Waals surface area contributed by atoms with E-state index in [-0.39, 0.29) is 5.92 Å². The first-order valence-electron chi connectivity index (χ1n) is 9.88. The number of carbonyl (C=O) groups is 3. The monoisotopic (exact) mass is 414 g/mol. The fraction of sp³-hybridized carbons (Fsp3) is 0.409. The van der Waals surface area contributed by atoms with Crippen LogP contribution in [-0.4, -0.2) is 24.4 Å². The maximum Gasteiger partial charge on any atom is 0.314 e. The first-order valence-corrected chi connectivity index (χ1v) is 10.7. The van der Waals surface area contributed by atoms with Gasteiger partial charge in [-0.1, -0.05) is 50.6 Å². The van der Waals surface area contributed by atoms with Crippen LogP contribution in [0.1, 0.15) is 59.0 Å². The Morgan fingerprint density at radius 2 is 1.93 bits per heavy atom. The lowest BCUT2D eigenvalue weighted by atomic mass is 9.86. The molecule has 1 aliphatic rings. The van der Waals surface area contributed by atoms with Gasteiger partial charge in [0, 0.05) is 4.88 Å². The molecule has 1 aliphatic carbocycles. The molecule has 1 aromatic heterocycles. The molecule has 0 spiro atoms. The summed E-state index contributed by atoms with van der Waals surface area (Å²) < 4.78 is 5.33. The maximum absolute atomic E-state index is 12.7. The van der Waals surface area contributed by atoms with Crippen LogP contribution in [0, 0.1) is 5.92 Å². The van der Waals surface area contributed by atoms with Gasteiger partial charge in [-0.15, -0.1) is 11.3 Å². The smallest absolute Gasteiger partial charge is 0.314 e. The van der Waals surface area contributed by atoms with Crippen molar-refractivity contribution in [3.8, 4) is 0 Å². The van der Waals surface area contributed by atoms with Crippen LogP contribution in [0.25, 0.3) is 0 Å². The summed E-state index contributed by atoms with van der Waals surface area (Å²) in [5, 5.41) is 3.15. The number of nitrogens with two attached hydrogens (primary N) is 1. The van der Waals surface area contributed by atoms with E-state index >= 15 is 0 Å². The van der Waals surface area contributed by atoms with Crippen LogP contribution in [0.15, 0.2) is 30.3 Å². The van der Waals surface area contributed by atoms with Gasteiger partial charge >= 0.3 is 5.97 Å². The van der Waals surface area contributed by atoms with E-state index < -0.39 is 30.3 Å². The minimum Gasteiger partial charge on any atom is -0.455 e. The van der Waals surface area contributed by atoms with Gasteiger partial charge in [0.05, 0.1) is 11.5 Å². The lowest BCUT2D eigenvalue weighted by Crippen LogP contribution is -2.27. The number of nitrogens with one attached hydrogen (secondary N) is 1. The van der Waals surface area contributed by atoms with Gasteiger partial charge in [-0.2, -0.15) is 0 Å². The lowest BCUT2D eigenvalue weighted by molar-refractivity contribution is -0.150. The molecule has 2 aromatic rings. The van der Waals surface area contributed by atoms with E-state index in [2.05, 4.69) is 5.32 Å². The summed E-state index contributed by atoms with van der Waals surface area (Å²) in [4.78, 5) is 38.0. The first kappa shape index (κ1) is 21.0. The molecule has 1 heterocycles. The van der Waals surface area contributed by atoms with Gasteiger partial charge in [0.2, 0.25) is 0 Å². The van der Waals surface area contributed by atoms with Gasteiger partial charge in [0.1, 0.15) is 5.00 Å². The second-order valence-electron chi connectivity index (χ2n) is 7.36. The number of amides is 2. The normalized spacial score (nSPS) is 14.7.